The third kappa shape index (κ3) is 10.5. The summed E-state index contributed by atoms with van der Waals surface area (Å²) < 4.78 is 68.8. The minimum Gasteiger partial charge on any atom is -0.748 e. The quantitative estimate of drug-likeness (QED) is 0.0923. The first-order valence-electron chi connectivity index (χ1n) is 15.5. The number of unbranched alkanes of at least 4 members (excludes halogenated alkanes) is 2. The number of nitrogens with zero attached hydrogens (tertiary/aromatic N) is 2. The van der Waals surface area contributed by atoms with Gasteiger partial charge in [0, 0.05) is 69.0 Å². The van der Waals surface area contributed by atoms with Gasteiger partial charge in [0.15, 0.2) is 5.71 Å². The van der Waals surface area contributed by atoms with Crippen LogP contribution in [0, 0.1) is 0 Å². The summed E-state index contributed by atoms with van der Waals surface area (Å²) in [7, 11) is -8.51. The van der Waals surface area contributed by atoms with Crippen molar-refractivity contribution in [2.75, 3.05) is 29.5 Å². The van der Waals surface area contributed by atoms with E-state index in [0.29, 0.717) is 36.0 Å². The molecule has 2 aromatic rings. The van der Waals surface area contributed by atoms with Crippen molar-refractivity contribution >= 4 is 60.5 Å². The predicted octanol–water partition coefficient (Wildman–Crippen LogP) is 4.37. The molecule has 0 radical (unpaired) electrons. The van der Waals surface area contributed by atoms with Crippen molar-refractivity contribution in [3.8, 4) is 0 Å². The van der Waals surface area contributed by atoms with Gasteiger partial charge in [0.2, 0.25) is 5.69 Å². The van der Waals surface area contributed by atoms with Crippen LogP contribution < -0.4 is 56.3 Å². The zero-order valence-corrected chi connectivity index (χ0v) is 34.3. The number of hydrogen-bond donors (Lipinski definition) is 0. The Kier molecular flexibility index (Phi) is 14.6. The Bertz CT molecular complexity index is 1880. The van der Waals surface area contributed by atoms with Crippen LogP contribution in [0.1, 0.15) is 64.5 Å². The largest absolute Gasteiger partial charge is 1.00 e. The smallest absolute Gasteiger partial charge is 0.748 e. The van der Waals surface area contributed by atoms with Crippen LogP contribution in [-0.4, -0.2) is 60.8 Å². The Morgan fingerprint density at radius 3 is 1.96 bits per heavy atom. The monoisotopic (exact) mass is 758 g/mol. The van der Waals surface area contributed by atoms with Gasteiger partial charge in [0.1, 0.15) is 6.54 Å². The van der Waals surface area contributed by atoms with Gasteiger partial charge < -0.3 is 14.0 Å². The van der Waals surface area contributed by atoms with Gasteiger partial charge in [-0.25, -0.2) is 16.8 Å². The average Bonchev–Trinajstić information content (AvgIpc) is 3.29. The van der Waals surface area contributed by atoms with Crippen LogP contribution in [0.25, 0.3) is 0 Å². The fourth-order valence-electron chi connectivity index (χ4n) is 6.36. The fourth-order valence-corrected chi connectivity index (χ4v) is 7.82. The van der Waals surface area contributed by atoms with Gasteiger partial charge in [-0.2, -0.15) is 4.58 Å². The van der Waals surface area contributed by atoms with Gasteiger partial charge in [0.25, 0.3) is 0 Å². The van der Waals surface area contributed by atoms with E-state index in [4.69, 9.17) is 23.2 Å². The zero-order chi connectivity index (χ0) is 34.6. The Morgan fingerprint density at radius 2 is 1.31 bits per heavy atom. The molecule has 0 amide bonds. The van der Waals surface area contributed by atoms with E-state index in [1.165, 1.54) is 0 Å². The van der Waals surface area contributed by atoms with Crippen LogP contribution in [0.4, 0.5) is 11.4 Å². The first kappa shape index (κ1) is 41.3. The summed E-state index contributed by atoms with van der Waals surface area (Å²) >= 11 is 12.7. The molecule has 2 aliphatic heterocycles. The van der Waals surface area contributed by atoms with Crippen LogP contribution in [-0.2, 0) is 31.1 Å². The maximum absolute atomic E-state index is 11.1. The van der Waals surface area contributed by atoms with Crippen LogP contribution in [0.5, 0.6) is 0 Å². The molecule has 0 saturated carbocycles. The van der Waals surface area contributed by atoms with Crippen molar-refractivity contribution in [3.05, 3.63) is 106 Å². The topological polar surface area (TPSA) is 121 Å². The molecule has 0 bridgehead atoms. The minimum absolute atomic E-state index is 0. The van der Waals surface area contributed by atoms with E-state index >= 15 is 0 Å². The average molecular weight is 760 g/mol. The molecule has 0 spiro atoms. The minimum atomic E-state index is -4.25. The van der Waals surface area contributed by atoms with E-state index < -0.39 is 20.2 Å². The summed E-state index contributed by atoms with van der Waals surface area (Å²) in [4.78, 5) is 2.17. The van der Waals surface area contributed by atoms with Crippen molar-refractivity contribution in [2.45, 2.75) is 64.2 Å². The van der Waals surface area contributed by atoms with E-state index in [1.807, 2.05) is 78.9 Å². The number of benzene rings is 2. The van der Waals surface area contributed by atoms with Gasteiger partial charge in [-0.3, -0.25) is 0 Å². The molecule has 0 unspecified atom stereocenters. The van der Waals surface area contributed by atoms with Gasteiger partial charge in [-0.05, 0) is 75.1 Å². The second kappa shape index (κ2) is 16.9. The molecule has 0 aromatic heterocycles. The third-order valence-electron chi connectivity index (χ3n) is 8.71. The summed E-state index contributed by atoms with van der Waals surface area (Å²) in [6.07, 6.45) is 15.5. The van der Waals surface area contributed by atoms with Gasteiger partial charge in [-0.15, -0.1) is 0 Å². The van der Waals surface area contributed by atoms with Crippen LogP contribution in [0.2, 0.25) is 10.0 Å². The molecular weight excluding hydrogens is 719 g/mol. The van der Waals surface area contributed by atoms with Crippen LogP contribution in [0.15, 0.2) is 84.6 Å². The van der Waals surface area contributed by atoms with Gasteiger partial charge >= 0.3 is 51.4 Å². The molecule has 13 heteroatoms. The van der Waals surface area contributed by atoms with Gasteiger partial charge in [-0.1, -0.05) is 67.4 Å². The second-order valence-corrected chi connectivity index (χ2v) is 16.8. The number of rotatable bonds is 14. The number of allylic oxidation sites excluding steroid dienone is 8. The molecule has 48 heavy (non-hydrogen) atoms. The molecule has 0 saturated heterocycles. The Hall–Kier alpha value is -1.09. The van der Waals surface area contributed by atoms with E-state index in [9.17, 15) is 25.9 Å². The first-order valence-corrected chi connectivity index (χ1v) is 19.4. The van der Waals surface area contributed by atoms with E-state index in [2.05, 4.69) is 37.2 Å². The number of hydrogen-bond acceptors (Lipinski definition) is 7. The zero-order valence-electron chi connectivity index (χ0n) is 28.1. The van der Waals surface area contributed by atoms with Crippen LogP contribution in [0.3, 0.4) is 0 Å². The molecule has 8 nitrogen and oxygen atoms in total. The maximum Gasteiger partial charge on any atom is 1.00 e. The standard InChI is InChI=1S/C35H42Cl2N2O6S2.K/c1-34(2)28-24-26(36)16-18-30(28)38(20-10-12-22-46(40,41)42)32(34)14-8-6-5-7-9-15-33-35(3,4)29-25-27(37)17-19-31(29)39(33)21-11-13-23-47(43,44)45;/h5-9,14-19,24-25H,10-13,20-23H2,1-4H3,(H-,40,41,42,43,44,45);/q;+1/p-1. The van der Waals surface area contributed by atoms with E-state index in [1.54, 1.807) is 0 Å². The molecule has 0 atom stereocenters. The van der Waals surface area contributed by atoms with Gasteiger partial charge in [0.05, 0.1) is 25.7 Å². The van der Waals surface area contributed by atoms with E-state index in [-0.39, 0.29) is 86.6 Å². The van der Waals surface area contributed by atoms with Crippen LogP contribution >= 0.6 is 23.2 Å². The third-order valence-corrected chi connectivity index (χ3v) is 10.8. The molecule has 2 aromatic carbocycles. The van der Waals surface area contributed by atoms with Crippen molar-refractivity contribution in [1.82, 2.24) is 0 Å². The summed E-state index contributed by atoms with van der Waals surface area (Å²) in [5.41, 5.74) is 5.58. The molecule has 254 valence electrons. The van der Waals surface area contributed by atoms with E-state index in [0.717, 1.165) is 33.9 Å². The van der Waals surface area contributed by atoms with Crippen molar-refractivity contribution < 1.29 is 81.9 Å². The van der Waals surface area contributed by atoms with Crippen molar-refractivity contribution in [1.29, 1.82) is 0 Å². The Morgan fingerprint density at radius 1 is 0.750 bits per heavy atom. The summed E-state index contributed by atoms with van der Waals surface area (Å²) in [5, 5.41) is 1.29. The Balaban J connectivity index is 0.00000625. The molecule has 0 aliphatic carbocycles. The second-order valence-electron chi connectivity index (χ2n) is 12.9. The summed E-state index contributed by atoms with van der Waals surface area (Å²) in [6.45, 7) is 9.63. The van der Waals surface area contributed by atoms with Crippen molar-refractivity contribution in [3.63, 3.8) is 0 Å². The number of halogens is 2. The van der Waals surface area contributed by atoms with Crippen molar-refractivity contribution in [2.24, 2.45) is 0 Å². The first-order chi connectivity index (χ1) is 21.9. The molecule has 0 fully saturated rings. The summed E-state index contributed by atoms with van der Waals surface area (Å²) in [6, 6.07) is 11.6. The normalized spacial score (nSPS) is 18.0. The maximum atomic E-state index is 11.1. The molecule has 4 rings (SSSR count). The molecule has 0 N–H and O–H groups in total. The number of anilines is 1. The Labute approximate surface area is 338 Å². The molecule has 2 aliphatic rings. The predicted molar refractivity (Wildman–Crippen MR) is 189 cm³/mol. The fraction of sp³-hybridized carbons (Fsp3) is 0.400. The molecule has 2 heterocycles. The number of fused-ring (bicyclic) bond motifs is 2. The molecular formula is C35H41Cl2KN2O6S2. The SMILES string of the molecule is CC1(C)C(/C=C/C=C/C=C/C=C2/N(CCCCS(=O)(=O)[O-])c3ccc(Cl)cc3C2(C)C)=[N+](CCCCS(=O)(=O)[O-])c2ccc(Cl)cc21.[K+]. The summed E-state index contributed by atoms with van der Waals surface area (Å²) in [5.74, 6) is -0.761.